The Bertz CT molecular complexity index is 1230. The van der Waals surface area contributed by atoms with Crippen LogP contribution in [0.3, 0.4) is 0 Å². The average Bonchev–Trinajstić information content (AvgIpc) is 3.49. The van der Waals surface area contributed by atoms with Crippen molar-refractivity contribution in [2.75, 3.05) is 18.4 Å². The Morgan fingerprint density at radius 2 is 1.97 bits per heavy atom. The molecule has 4 N–H and O–H groups in total. The molecule has 2 aromatic heterocycles. The van der Waals surface area contributed by atoms with Gasteiger partial charge in [0.1, 0.15) is 5.82 Å². The van der Waals surface area contributed by atoms with Gasteiger partial charge in [0.05, 0.1) is 12.8 Å². The zero-order valence-corrected chi connectivity index (χ0v) is 18.3. The van der Waals surface area contributed by atoms with Gasteiger partial charge >= 0.3 is 0 Å². The first kappa shape index (κ1) is 22.1. The van der Waals surface area contributed by atoms with Crippen molar-refractivity contribution < 1.29 is 13.6 Å². The summed E-state index contributed by atoms with van der Waals surface area (Å²) in [6.07, 6.45) is 4.16. The van der Waals surface area contributed by atoms with E-state index in [-0.39, 0.29) is 17.5 Å². The molecule has 2 aromatic carbocycles. The van der Waals surface area contributed by atoms with Crippen LogP contribution in [0.15, 0.2) is 76.5 Å². The molecule has 0 saturated heterocycles. The molecule has 1 amide bonds. The summed E-state index contributed by atoms with van der Waals surface area (Å²) in [5, 5.41) is 10.4. The van der Waals surface area contributed by atoms with Gasteiger partial charge in [-0.25, -0.2) is 9.38 Å². The van der Waals surface area contributed by atoms with Gasteiger partial charge in [0.25, 0.3) is 5.91 Å². The third-order valence-electron chi connectivity index (χ3n) is 5.14. The first-order valence-corrected chi connectivity index (χ1v) is 10.8. The smallest absolute Gasteiger partial charge is 0.291 e. The topological polar surface area (TPSA) is 94.4 Å². The molecular weight excluding hydrogens is 421 g/mol. The fraction of sp³-hybridized carbons (Fsp3) is 0.200. The number of H-pyrrole nitrogens is 1. The molecule has 0 atom stereocenters. The summed E-state index contributed by atoms with van der Waals surface area (Å²) in [5.74, 6) is 0.455. The van der Waals surface area contributed by atoms with Crippen LogP contribution in [0.4, 0.5) is 10.1 Å². The van der Waals surface area contributed by atoms with Crippen LogP contribution in [0.1, 0.15) is 28.6 Å². The summed E-state index contributed by atoms with van der Waals surface area (Å²) in [7, 11) is 0. The summed E-state index contributed by atoms with van der Waals surface area (Å²) in [6, 6.07) is 15.6. The molecule has 4 rings (SSSR count). The summed E-state index contributed by atoms with van der Waals surface area (Å²) in [6.45, 7) is 3.94. The molecule has 8 heteroatoms. The van der Waals surface area contributed by atoms with Gasteiger partial charge in [0, 0.05) is 35.9 Å². The van der Waals surface area contributed by atoms with Crippen LogP contribution in [-0.2, 0) is 13.0 Å². The molecule has 0 aliphatic heterocycles. The van der Waals surface area contributed by atoms with Crippen molar-refractivity contribution >= 4 is 28.5 Å². The van der Waals surface area contributed by atoms with E-state index in [0.717, 1.165) is 41.0 Å². The van der Waals surface area contributed by atoms with E-state index in [1.807, 2.05) is 37.4 Å². The molecular formula is C25H26FN5O2. The lowest BCUT2D eigenvalue weighted by atomic mass is 10.1. The highest BCUT2D eigenvalue weighted by atomic mass is 19.1. The van der Waals surface area contributed by atoms with Gasteiger partial charge in [-0.15, -0.1) is 0 Å². The van der Waals surface area contributed by atoms with Crippen LogP contribution in [0.25, 0.3) is 10.9 Å². The van der Waals surface area contributed by atoms with Crippen LogP contribution in [0.2, 0.25) is 0 Å². The van der Waals surface area contributed by atoms with Crippen LogP contribution in [0, 0.1) is 5.82 Å². The van der Waals surface area contributed by atoms with Crippen LogP contribution < -0.4 is 16.0 Å². The van der Waals surface area contributed by atoms with Gasteiger partial charge in [0.2, 0.25) is 0 Å². The van der Waals surface area contributed by atoms with E-state index in [1.54, 1.807) is 18.2 Å². The van der Waals surface area contributed by atoms with E-state index in [1.165, 1.54) is 18.4 Å². The fourth-order valence-corrected chi connectivity index (χ4v) is 3.49. The summed E-state index contributed by atoms with van der Waals surface area (Å²) >= 11 is 0. The maximum atomic E-state index is 13.4. The number of furan rings is 1. The Morgan fingerprint density at radius 1 is 1.12 bits per heavy atom. The van der Waals surface area contributed by atoms with Crippen molar-refractivity contribution in [2.45, 2.75) is 19.9 Å². The van der Waals surface area contributed by atoms with Gasteiger partial charge in [0.15, 0.2) is 11.7 Å². The van der Waals surface area contributed by atoms with Crippen LogP contribution in [-0.4, -0.2) is 29.9 Å². The van der Waals surface area contributed by atoms with E-state index < -0.39 is 0 Å². The zero-order chi connectivity index (χ0) is 23.0. The molecule has 0 spiro atoms. The maximum Gasteiger partial charge on any atom is 0.291 e. The highest BCUT2D eigenvalue weighted by Gasteiger charge is 2.08. The number of carbonyl (C=O) groups is 1. The molecule has 0 unspecified atom stereocenters. The number of fused-ring (bicyclic) bond motifs is 1. The van der Waals surface area contributed by atoms with Crippen LogP contribution >= 0.6 is 0 Å². The van der Waals surface area contributed by atoms with Crippen molar-refractivity contribution in [1.82, 2.24) is 15.6 Å². The quantitative estimate of drug-likeness (QED) is 0.237. The van der Waals surface area contributed by atoms with E-state index in [9.17, 15) is 9.18 Å². The number of halogens is 1. The second kappa shape index (κ2) is 10.5. The third kappa shape index (κ3) is 5.79. The highest BCUT2D eigenvalue weighted by Crippen LogP contribution is 2.19. The molecule has 0 fully saturated rings. The lowest BCUT2D eigenvalue weighted by Gasteiger charge is -2.11. The molecule has 0 radical (unpaired) electrons. The number of hydrogen-bond acceptors (Lipinski definition) is 3. The zero-order valence-electron chi connectivity index (χ0n) is 18.3. The number of nitrogens with zero attached hydrogens (tertiary/aromatic N) is 1. The molecule has 170 valence electrons. The Morgan fingerprint density at radius 3 is 2.73 bits per heavy atom. The van der Waals surface area contributed by atoms with Crippen molar-refractivity contribution in [3.8, 4) is 0 Å². The monoisotopic (exact) mass is 447 g/mol. The number of aromatic amines is 1. The minimum atomic E-state index is -0.287. The predicted molar refractivity (Wildman–Crippen MR) is 128 cm³/mol. The molecule has 0 bridgehead atoms. The van der Waals surface area contributed by atoms with Crippen molar-refractivity contribution in [3.05, 3.63) is 89.8 Å². The molecule has 0 aliphatic carbocycles. The molecule has 0 aliphatic rings. The van der Waals surface area contributed by atoms with Gasteiger partial charge in [-0.3, -0.25) is 4.79 Å². The highest BCUT2D eigenvalue weighted by molar-refractivity contribution is 6.02. The number of rotatable bonds is 8. The van der Waals surface area contributed by atoms with E-state index in [4.69, 9.17) is 4.42 Å². The number of aromatic nitrogens is 1. The Labute approximate surface area is 191 Å². The fourth-order valence-electron chi connectivity index (χ4n) is 3.49. The Kier molecular flexibility index (Phi) is 7.04. The average molecular weight is 448 g/mol. The lowest BCUT2D eigenvalue weighted by Crippen LogP contribution is -2.38. The third-order valence-corrected chi connectivity index (χ3v) is 5.14. The number of aliphatic imine (C=N–C) groups is 1. The van der Waals surface area contributed by atoms with Crippen molar-refractivity contribution in [3.63, 3.8) is 0 Å². The number of amides is 1. The number of benzene rings is 2. The number of anilines is 1. The Hall–Kier alpha value is -4.07. The standard InChI is InChI=1S/C25H26FN5O2/c1-2-27-25(28-12-11-18-16-29-22-14-19(26)7-10-21(18)22)30-15-17-5-8-20(9-6-17)31-24(32)23-4-3-13-33-23/h3-10,13-14,16,29H,2,11-12,15H2,1H3,(H,31,32)(H2,27,28,30). The van der Waals surface area contributed by atoms with Gasteiger partial charge in [-0.05, 0) is 66.9 Å². The lowest BCUT2D eigenvalue weighted by molar-refractivity contribution is 0.0996. The van der Waals surface area contributed by atoms with Crippen molar-refractivity contribution in [1.29, 1.82) is 0 Å². The first-order chi connectivity index (χ1) is 16.1. The minimum absolute atomic E-state index is 0.247. The second-order valence-electron chi connectivity index (χ2n) is 7.50. The van der Waals surface area contributed by atoms with E-state index in [0.29, 0.717) is 18.8 Å². The van der Waals surface area contributed by atoms with E-state index in [2.05, 4.69) is 25.9 Å². The largest absolute Gasteiger partial charge is 0.459 e. The number of carbonyl (C=O) groups excluding carboxylic acids is 1. The summed E-state index contributed by atoms with van der Waals surface area (Å²) in [5.41, 5.74) is 3.63. The second-order valence-corrected chi connectivity index (χ2v) is 7.50. The maximum absolute atomic E-state index is 13.4. The molecule has 2 heterocycles. The molecule has 7 nitrogen and oxygen atoms in total. The van der Waals surface area contributed by atoms with Gasteiger partial charge < -0.3 is 25.4 Å². The summed E-state index contributed by atoms with van der Waals surface area (Å²) < 4.78 is 18.5. The Balaban J connectivity index is 1.31. The minimum Gasteiger partial charge on any atom is -0.459 e. The van der Waals surface area contributed by atoms with E-state index >= 15 is 0 Å². The normalized spacial score (nSPS) is 11.5. The molecule has 0 saturated carbocycles. The van der Waals surface area contributed by atoms with Gasteiger partial charge in [-0.1, -0.05) is 12.1 Å². The predicted octanol–water partition coefficient (Wildman–Crippen LogP) is 4.45. The van der Waals surface area contributed by atoms with Crippen molar-refractivity contribution in [2.24, 2.45) is 4.99 Å². The molecule has 4 aromatic rings. The number of nitrogens with one attached hydrogen (secondary N) is 4. The summed E-state index contributed by atoms with van der Waals surface area (Å²) in [4.78, 5) is 19.8. The van der Waals surface area contributed by atoms with Crippen LogP contribution in [0.5, 0.6) is 0 Å². The SMILES string of the molecule is CCNC(=NCc1ccc(NC(=O)c2ccco2)cc1)NCCc1c[nH]c2cc(F)ccc12. The number of guanidine groups is 1. The molecule has 33 heavy (non-hydrogen) atoms. The van der Waals surface area contributed by atoms with Gasteiger partial charge in [-0.2, -0.15) is 0 Å². The first-order valence-electron chi connectivity index (χ1n) is 10.8. The number of hydrogen-bond donors (Lipinski definition) is 4.